The Morgan fingerprint density at radius 1 is 0.971 bits per heavy atom. The first kappa shape index (κ1) is 28.7. The van der Waals surface area contributed by atoms with E-state index in [0.717, 1.165) is 0 Å². The van der Waals surface area contributed by atoms with Crippen molar-refractivity contribution >= 4 is 41.4 Å². The third-order valence-electron chi connectivity index (χ3n) is 4.74. The summed E-state index contributed by atoms with van der Waals surface area (Å²) in [7, 11) is 0. The van der Waals surface area contributed by atoms with Crippen LogP contribution in [-0.4, -0.2) is 76.0 Å². The molecule has 0 heterocycles. The van der Waals surface area contributed by atoms with Crippen LogP contribution in [0, 0.1) is 0 Å². The maximum atomic E-state index is 12.5. The first-order valence-electron chi connectivity index (χ1n) is 10.4. The molecular weight excluding hydrogens is 466 g/mol. The second-order valence-electron chi connectivity index (χ2n) is 7.62. The smallest absolute Gasteiger partial charge is 0.326 e. The highest BCUT2D eigenvalue weighted by Gasteiger charge is 2.29. The van der Waals surface area contributed by atoms with E-state index in [0.29, 0.717) is 11.3 Å². The number of aromatic hydroxyl groups is 1. The van der Waals surface area contributed by atoms with Crippen molar-refractivity contribution in [2.45, 2.75) is 50.4 Å². The Morgan fingerprint density at radius 3 is 2.09 bits per heavy atom. The fourth-order valence-electron chi connectivity index (χ4n) is 2.84. The van der Waals surface area contributed by atoms with Crippen molar-refractivity contribution in [3.8, 4) is 5.75 Å². The van der Waals surface area contributed by atoms with Crippen LogP contribution in [0.15, 0.2) is 24.3 Å². The normalized spacial score (nSPS) is 14.2. The standard InChI is InChI=1S/C21H31N5O7S/c1-11(24-19(30)14(22)9-12-3-5-13(27)6-4-12)18(29)26-16(10-17(23)28)20(31)25-15(21(32)33)7-8-34-2/h3-6,11,14-16,27H,7-10,22H2,1-2H3,(H2,23,28)(H,24,30)(H,25,31)(H,26,29)(H,32,33). The molecule has 188 valence electrons. The van der Waals surface area contributed by atoms with E-state index in [9.17, 15) is 34.2 Å². The van der Waals surface area contributed by atoms with E-state index < -0.39 is 60.2 Å². The monoisotopic (exact) mass is 497 g/mol. The Hall–Kier alpha value is -3.32. The Labute approximate surface area is 201 Å². The second-order valence-corrected chi connectivity index (χ2v) is 8.61. The number of nitrogens with two attached hydrogens (primary N) is 2. The highest BCUT2D eigenvalue weighted by molar-refractivity contribution is 7.98. The summed E-state index contributed by atoms with van der Waals surface area (Å²) in [6, 6.07) is 1.38. The zero-order chi connectivity index (χ0) is 25.8. The van der Waals surface area contributed by atoms with E-state index in [1.807, 2.05) is 0 Å². The zero-order valence-corrected chi connectivity index (χ0v) is 19.8. The molecule has 0 radical (unpaired) electrons. The number of primary amides is 1. The van der Waals surface area contributed by atoms with Gasteiger partial charge in [0.15, 0.2) is 0 Å². The van der Waals surface area contributed by atoms with E-state index in [1.54, 1.807) is 18.4 Å². The fraction of sp³-hybridized carbons (Fsp3) is 0.476. The van der Waals surface area contributed by atoms with Gasteiger partial charge in [-0.2, -0.15) is 11.8 Å². The van der Waals surface area contributed by atoms with Crippen molar-refractivity contribution in [3.63, 3.8) is 0 Å². The van der Waals surface area contributed by atoms with Gasteiger partial charge >= 0.3 is 5.97 Å². The number of aliphatic carboxylic acids is 1. The van der Waals surface area contributed by atoms with Crippen molar-refractivity contribution in [2.24, 2.45) is 11.5 Å². The SMILES string of the molecule is CSCCC(NC(=O)C(CC(N)=O)NC(=O)C(C)NC(=O)C(N)Cc1ccc(O)cc1)C(=O)O. The van der Waals surface area contributed by atoms with Crippen molar-refractivity contribution in [1.29, 1.82) is 0 Å². The quantitative estimate of drug-likeness (QED) is 0.158. The minimum absolute atomic E-state index is 0.0700. The number of nitrogens with one attached hydrogen (secondary N) is 3. The lowest BCUT2D eigenvalue weighted by atomic mass is 10.1. The maximum absolute atomic E-state index is 12.5. The number of carbonyl (C=O) groups excluding carboxylic acids is 4. The van der Waals surface area contributed by atoms with Crippen LogP contribution in [-0.2, 0) is 30.4 Å². The number of phenolic OH excluding ortho intramolecular Hbond substituents is 1. The minimum atomic E-state index is -1.42. The largest absolute Gasteiger partial charge is 0.508 e. The van der Waals surface area contributed by atoms with Gasteiger partial charge in [0.05, 0.1) is 12.5 Å². The van der Waals surface area contributed by atoms with Crippen LogP contribution in [0.1, 0.15) is 25.3 Å². The highest BCUT2D eigenvalue weighted by atomic mass is 32.2. The van der Waals surface area contributed by atoms with Gasteiger partial charge < -0.3 is 37.6 Å². The molecule has 0 spiro atoms. The molecule has 0 aromatic heterocycles. The summed E-state index contributed by atoms with van der Waals surface area (Å²) in [5.41, 5.74) is 11.7. The average molecular weight is 498 g/mol. The number of phenols is 1. The number of carboxylic acid groups (broad SMARTS) is 1. The number of hydrogen-bond donors (Lipinski definition) is 7. The molecule has 0 aliphatic rings. The van der Waals surface area contributed by atoms with Crippen LogP contribution in [0.5, 0.6) is 5.75 Å². The van der Waals surface area contributed by atoms with Gasteiger partial charge in [0.25, 0.3) is 0 Å². The second kappa shape index (κ2) is 14.1. The van der Waals surface area contributed by atoms with Gasteiger partial charge in [0, 0.05) is 0 Å². The van der Waals surface area contributed by atoms with Gasteiger partial charge in [0.2, 0.25) is 23.6 Å². The Kier molecular flexibility index (Phi) is 11.9. The predicted molar refractivity (Wildman–Crippen MR) is 126 cm³/mol. The van der Waals surface area contributed by atoms with E-state index in [-0.39, 0.29) is 18.6 Å². The summed E-state index contributed by atoms with van der Waals surface area (Å²) in [5.74, 6) is -3.91. The van der Waals surface area contributed by atoms with Crippen molar-refractivity contribution < 1.29 is 34.2 Å². The zero-order valence-electron chi connectivity index (χ0n) is 18.9. The summed E-state index contributed by atoms with van der Waals surface area (Å²) in [4.78, 5) is 60.2. The summed E-state index contributed by atoms with van der Waals surface area (Å²) in [6.45, 7) is 1.36. The van der Waals surface area contributed by atoms with Crippen LogP contribution < -0.4 is 27.4 Å². The number of carboxylic acids is 1. The van der Waals surface area contributed by atoms with E-state index in [4.69, 9.17) is 11.5 Å². The van der Waals surface area contributed by atoms with E-state index in [1.165, 1.54) is 30.8 Å². The minimum Gasteiger partial charge on any atom is -0.508 e. The molecule has 4 atom stereocenters. The fourth-order valence-corrected chi connectivity index (χ4v) is 3.31. The molecule has 13 heteroatoms. The Bertz CT molecular complexity index is 881. The molecule has 0 fully saturated rings. The molecule has 0 bridgehead atoms. The lowest BCUT2D eigenvalue weighted by molar-refractivity contribution is -0.142. The topological polar surface area (TPSA) is 214 Å². The van der Waals surface area contributed by atoms with E-state index >= 15 is 0 Å². The number of amides is 4. The third kappa shape index (κ3) is 10.1. The molecule has 0 saturated heterocycles. The molecule has 34 heavy (non-hydrogen) atoms. The summed E-state index contributed by atoms with van der Waals surface area (Å²) in [6.07, 6.45) is 1.52. The molecule has 0 aliphatic heterocycles. The third-order valence-corrected chi connectivity index (χ3v) is 5.39. The number of rotatable bonds is 14. The van der Waals surface area contributed by atoms with Gasteiger partial charge in [-0.15, -0.1) is 0 Å². The summed E-state index contributed by atoms with van der Waals surface area (Å²) < 4.78 is 0. The van der Waals surface area contributed by atoms with Crippen LogP contribution in [0.4, 0.5) is 0 Å². The number of hydrogen-bond acceptors (Lipinski definition) is 8. The summed E-state index contributed by atoms with van der Waals surface area (Å²) in [5, 5.41) is 25.6. The number of thioether (sulfide) groups is 1. The Morgan fingerprint density at radius 2 is 1.56 bits per heavy atom. The van der Waals surface area contributed by atoms with Gasteiger partial charge in [0.1, 0.15) is 23.9 Å². The maximum Gasteiger partial charge on any atom is 0.326 e. The van der Waals surface area contributed by atoms with Crippen molar-refractivity contribution in [2.75, 3.05) is 12.0 Å². The molecule has 4 amide bonds. The van der Waals surface area contributed by atoms with Crippen molar-refractivity contribution in [3.05, 3.63) is 29.8 Å². The van der Waals surface area contributed by atoms with Crippen LogP contribution in [0.2, 0.25) is 0 Å². The van der Waals surface area contributed by atoms with Crippen molar-refractivity contribution in [1.82, 2.24) is 16.0 Å². The molecule has 9 N–H and O–H groups in total. The molecule has 0 aliphatic carbocycles. The first-order chi connectivity index (χ1) is 15.9. The average Bonchev–Trinajstić information content (AvgIpc) is 2.76. The Balaban J connectivity index is 2.74. The first-order valence-corrected chi connectivity index (χ1v) is 11.8. The molecular formula is C21H31N5O7S. The van der Waals surface area contributed by atoms with Crippen LogP contribution >= 0.6 is 11.8 Å². The molecule has 1 aromatic rings. The van der Waals surface area contributed by atoms with Crippen LogP contribution in [0.25, 0.3) is 0 Å². The molecule has 4 unspecified atom stereocenters. The van der Waals surface area contributed by atoms with Gasteiger partial charge in [-0.3, -0.25) is 19.2 Å². The number of benzene rings is 1. The van der Waals surface area contributed by atoms with Gasteiger partial charge in [-0.25, -0.2) is 4.79 Å². The van der Waals surface area contributed by atoms with Gasteiger partial charge in [-0.1, -0.05) is 12.1 Å². The molecule has 1 aromatic carbocycles. The van der Waals surface area contributed by atoms with Crippen LogP contribution in [0.3, 0.4) is 0 Å². The molecule has 12 nitrogen and oxygen atoms in total. The highest BCUT2D eigenvalue weighted by Crippen LogP contribution is 2.11. The number of carbonyl (C=O) groups is 5. The lowest BCUT2D eigenvalue weighted by Crippen LogP contribution is -2.57. The van der Waals surface area contributed by atoms with Gasteiger partial charge in [-0.05, 0) is 49.5 Å². The summed E-state index contributed by atoms with van der Waals surface area (Å²) >= 11 is 1.40. The molecule has 1 rings (SSSR count). The molecule has 0 saturated carbocycles. The van der Waals surface area contributed by atoms with E-state index in [2.05, 4.69) is 16.0 Å². The predicted octanol–water partition coefficient (Wildman–Crippen LogP) is -1.55. The lowest BCUT2D eigenvalue weighted by Gasteiger charge is -2.23.